The molecule has 31 heavy (non-hydrogen) atoms. The zero-order valence-corrected chi connectivity index (χ0v) is 18.7. The van der Waals surface area contributed by atoms with Crippen LogP contribution >= 0.6 is 0 Å². The van der Waals surface area contributed by atoms with Crippen molar-refractivity contribution < 1.29 is 9.32 Å². The number of nitrogens with zero attached hydrogens (tertiary/aromatic N) is 3. The molecule has 6 heteroatoms. The number of aryl methyl sites for hydroxylation is 1. The van der Waals surface area contributed by atoms with Crippen LogP contribution in [0.1, 0.15) is 59.8 Å². The summed E-state index contributed by atoms with van der Waals surface area (Å²) in [6.07, 6.45) is 4.66. The van der Waals surface area contributed by atoms with E-state index in [0.29, 0.717) is 24.7 Å². The summed E-state index contributed by atoms with van der Waals surface area (Å²) < 4.78 is 7.71. The average molecular weight is 419 g/mol. The molecule has 3 aromatic rings. The number of fused-ring (bicyclic) bond motifs is 4. The van der Waals surface area contributed by atoms with Gasteiger partial charge in [0.05, 0.1) is 16.9 Å². The topological polar surface area (TPSA) is 63.3 Å². The fraction of sp³-hybridized carbons (Fsp3) is 0.440. The van der Waals surface area contributed by atoms with Crippen molar-refractivity contribution in [3.63, 3.8) is 0 Å². The second-order valence-electron chi connectivity index (χ2n) is 9.44. The molecular weight excluding hydrogens is 388 g/mol. The molecule has 2 aliphatic rings. The number of benzene rings is 1. The van der Waals surface area contributed by atoms with Crippen LogP contribution in [0.15, 0.2) is 41.1 Å². The Morgan fingerprint density at radius 3 is 2.74 bits per heavy atom. The number of nitrogens with one attached hydrogen (secondary N) is 1. The highest BCUT2D eigenvalue weighted by molar-refractivity contribution is 5.92. The smallest absolute Gasteiger partial charge is 0.276 e. The number of carbonyl (C=O) groups excluding carboxylic acids is 1. The number of likely N-dealkylation sites (tertiary alicyclic amines) is 1. The number of amides is 1. The summed E-state index contributed by atoms with van der Waals surface area (Å²) in [7, 11) is 0. The molecule has 4 heterocycles. The Morgan fingerprint density at radius 2 is 2.00 bits per heavy atom. The van der Waals surface area contributed by atoms with Crippen molar-refractivity contribution in [2.24, 2.45) is 5.92 Å². The van der Waals surface area contributed by atoms with Gasteiger partial charge in [0.25, 0.3) is 5.91 Å². The van der Waals surface area contributed by atoms with Crippen LogP contribution in [-0.2, 0) is 12.0 Å². The van der Waals surface area contributed by atoms with Gasteiger partial charge in [-0.3, -0.25) is 4.79 Å². The molecule has 1 fully saturated rings. The van der Waals surface area contributed by atoms with E-state index in [-0.39, 0.29) is 11.4 Å². The Kier molecular flexibility index (Phi) is 4.68. The summed E-state index contributed by atoms with van der Waals surface area (Å²) in [6, 6.07) is 10.5. The van der Waals surface area contributed by atoms with Crippen molar-refractivity contribution >= 4 is 11.6 Å². The lowest BCUT2D eigenvalue weighted by Gasteiger charge is -2.46. The first kappa shape index (κ1) is 19.9. The molecule has 5 rings (SSSR count). The highest BCUT2D eigenvalue weighted by atomic mass is 16.5. The summed E-state index contributed by atoms with van der Waals surface area (Å²) in [5.74, 6) is 1.21. The van der Waals surface area contributed by atoms with E-state index in [4.69, 9.17) is 4.52 Å². The van der Waals surface area contributed by atoms with Crippen LogP contribution in [0.5, 0.6) is 0 Å². The van der Waals surface area contributed by atoms with E-state index >= 15 is 0 Å². The van der Waals surface area contributed by atoms with E-state index in [1.54, 1.807) is 6.07 Å². The molecule has 1 saturated heterocycles. The number of rotatable bonds is 3. The van der Waals surface area contributed by atoms with Crippen LogP contribution in [0.4, 0.5) is 5.69 Å². The lowest BCUT2D eigenvalue weighted by atomic mass is 9.82. The van der Waals surface area contributed by atoms with Crippen molar-refractivity contribution in [1.82, 2.24) is 14.6 Å². The molecule has 0 aliphatic carbocycles. The number of hydrogen-bond donors (Lipinski definition) is 1. The van der Waals surface area contributed by atoms with Gasteiger partial charge in [0, 0.05) is 37.5 Å². The van der Waals surface area contributed by atoms with Gasteiger partial charge >= 0.3 is 0 Å². The third kappa shape index (κ3) is 3.25. The fourth-order valence-electron chi connectivity index (χ4n) is 5.05. The van der Waals surface area contributed by atoms with Crippen LogP contribution in [0.3, 0.4) is 0 Å². The first-order valence-electron chi connectivity index (χ1n) is 11.2. The molecule has 162 valence electrons. The van der Waals surface area contributed by atoms with Crippen molar-refractivity contribution in [3.8, 4) is 5.69 Å². The molecule has 0 saturated carbocycles. The Morgan fingerprint density at radius 1 is 1.23 bits per heavy atom. The zero-order chi connectivity index (χ0) is 21.8. The van der Waals surface area contributed by atoms with Crippen molar-refractivity contribution in [3.05, 3.63) is 64.8 Å². The fourth-order valence-corrected chi connectivity index (χ4v) is 5.05. The van der Waals surface area contributed by atoms with Gasteiger partial charge in [0.1, 0.15) is 5.76 Å². The summed E-state index contributed by atoms with van der Waals surface area (Å²) in [4.78, 5) is 14.9. The highest BCUT2D eigenvalue weighted by Gasteiger charge is 2.43. The van der Waals surface area contributed by atoms with Crippen LogP contribution in [0, 0.1) is 19.8 Å². The second-order valence-corrected chi connectivity index (χ2v) is 9.44. The normalized spacial score (nSPS) is 16.9. The maximum absolute atomic E-state index is 13.0. The molecule has 1 aromatic carbocycles. The summed E-state index contributed by atoms with van der Waals surface area (Å²) in [5.41, 5.74) is 6.53. The van der Waals surface area contributed by atoms with E-state index in [0.717, 1.165) is 25.0 Å². The van der Waals surface area contributed by atoms with Crippen molar-refractivity contribution in [1.29, 1.82) is 0 Å². The van der Waals surface area contributed by atoms with Gasteiger partial charge < -0.3 is 19.3 Å². The monoisotopic (exact) mass is 418 g/mol. The van der Waals surface area contributed by atoms with Gasteiger partial charge in [-0.05, 0) is 61.9 Å². The first-order chi connectivity index (χ1) is 14.9. The molecule has 2 aromatic heterocycles. The molecule has 1 spiro atoms. The van der Waals surface area contributed by atoms with Crippen LogP contribution in [0.25, 0.3) is 5.69 Å². The van der Waals surface area contributed by atoms with Gasteiger partial charge in [-0.2, -0.15) is 0 Å². The van der Waals surface area contributed by atoms with E-state index in [9.17, 15) is 4.79 Å². The standard InChI is InChI=1S/C25H30N4O2/c1-16(2)14-19-15-21(27-31-19)24(30)28-12-9-25(10-13-28)22-6-5-11-29(22)23-18(4)17(3)7-8-20(23)26-25/h5-8,11,15-16,26H,9-10,12-14H2,1-4H3. The van der Waals surface area contributed by atoms with E-state index in [1.807, 2.05) is 4.90 Å². The van der Waals surface area contributed by atoms with Crippen molar-refractivity contribution in [2.75, 3.05) is 18.4 Å². The lowest BCUT2D eigenvalue weighted by molar-refractivity contribution is 0.0666. The Labute approximate surface area is 183 Å². The Balaban J connectivity index is 1.37. The predicted octanol–water partition coefficient (Wildman–Crippen LogP) is 4.84. The highest BCUT2D eigenvalue weighted by Crippen LogP contribution is 2.44. The quantitative estimate of drug-likeness (QED) is 0.661. The third-order valence-electron chi connectivity index (χ3n) is 6.85. The minimum atomic E-state index is -0.165. The minimum Gasteiger partial charge on any atom is -0.372 e. The summed E-state index contributed by atoms with van der Waals surface area (Å²) in [5, 5.41) is 7.89. The van der Waals surface area contributed by atoms with Crippen LogP contribution in [-0.4, -0.2) is 33.6 Å². The maximum atomic E-state index is 13.0. The number of piperidine rings is 1. The number of aromatic nitrogens is 2. The van der Waals surface area contributed by atoms with Gasteiger partial charge in [-0.25, -0.2) is 0 Å². The van der Waals surface area contributed by atoms with Gasteiger partial charge in [-0.1, -0.05) is 25.1 Å². The number of anilines is 1. The SMILES string of the molecule is Cc1ccc2c(c1C)-n1cccc1C1(CCN(C(=O)c3cc(CC(C)C)on3)CC1)N2. The minimum absolute atomic E-state index is 0.0355. The van der Waals surface area contributed by atoms with Crippen LogP contribution in [0.2, 0.25) is 0 Å². The maximum Gasteiger partial charge on any atom is 0.276 e. The van der Waals surface area contributed by atoms with Crippen molar-refractivity contribution in [2.45, 2.75) is 52.5 Å². The molecule has 0 atom stereocenters. The summed E-state index contributed by atoms with van der Waals surface area (Å²) >= 11 is 0. The van der Waals surface area contributed by atoms with Gasteiger partial charge in [-0.15, -0.1) is 0 Å². The largest absolute Gasteiger partial charge is 0.372 e. The van der Waals surface area contributed by atoms with Gasteiger partial charge in [0.15, 0.2) is 5.69 Å². The van der Waals surface area contributed by atoms with Crippen LogP contribution < -0.4 is 5.32 Å². The number of carbonyl (C=O) groups is 1. The molecule has 1 N–H and O–H groups in total. The molecule has 0 bridgehead atoms. The van der Waals surface area contributed by atoms with E-state index in [2.05, 4.69) is 73.2 Å². The molecule has 2 aliphatic heterocycles. The molecule has 0 unspecified atom stereocenters. The second kappa shape index (κ2) is 7.29. The number of hydrogen-bond acceptors (Lipinski definition) is 4. The molecule has 6 nitrogen and oxygen atoms in total. The predicted molar refractivity (Wildman–Crippen MR) is 121 cm³/mol. The molecular formula is C25H30N4O2. The summed E-state index contributed by atoms with van der Waals surface area (Å²) in [6.45, 7) is 9.96. The lowest BCUT2D eigenvalue weighted by Crippen LogP contribution is -2.51. The molecule has 0 radical (unpaired) electrons. The van der Waals surface area contributed by atoms with E-state index in [1.165, 1.54) is 28.2 Å². The molecule has 1 amide bonds. The first-order valence-corrected chi connectivity index (χ1v) is 11.2. The Hall–Kier alpha value is -3.02. The zero-order valence-electron chi connectivity index (χ0n) is 18.7. The van der Waals surface area contributed by atoms with Gasteiger partial charge in [0.2, 0.25) is 0 Å². The average Bonchev–Trinajstić information content (AvgIpc) is 3.41. The third-order valence-corrected chi connectivity index (χ3v) is 6.85. The van der Waals surface area contributed by atoms with E-state index < -0.39 is 0 Å². The Bertz CT molecular complexity index is 1130.